The first-order valence-corrected chi connectivity index (χ1v) is 7.37. The van der Waals surface area contributed by atoms with Gasteiger partial charge in [0.25, 0.3) is 0 Å². The van der Waals surface area contributed by atoms with Crippen LogP contribution in [0.4, 0.5) is 5.82 Å². The Labute approximate surface area is 140 Å². The summed E-state index contributed by atoms with van der Waals surface area (Å²) in [7, 11) is 1.24. The van der Waals surface area contributed by atoms with Gasteiger partial charge in [-0.25, -0.2) is 9.97 Å². The maximum atomic E-state index is 12.0. The van der Waals surface area contributed by atoms with Gasteiger partial charge in [0.05, 0.1) is 24.2 Å². The standard InChI is InChI=1S/C18H18N4O2/c1-4-10-22(11-5-2)17-16(13(12-19)18(23)24-3)20-14-8-6-7-9-15(14)21-17/h4-9,13H,1-2,10-11H2,3H3. The van der Waals surface area contributed by atoms with E-state index in [2.05, 4.69) is 23.1 Å². The Kier molecular flexibility index (Phi) is 5.63. The van der Waals surface area contributed by atoms with Crippen LogP contribution in [0.15, 0.2) is 49.6 Å². The van der Waals surface area contributed by atoms with Crippen molar-refractivity contribution in [3.63, 3.8) is 0 Å². The molecule has 0 fully saturated rings. The average Bonchev–Trinajstić information content (AvgIpc) is 2.61. The van der Waals surface area contributed by atoms with Crippen LogP contribution >= 0.6 is 0 Å². The van der Waals surface area contributed by atoms with Crippen LogP contribution in [-0.2, 0) is 9.53 Å². The van der Waals surface area contributed by atoms with Gasteiger partial charge < -0.3 is 9.64 Å². The summed E-state index contributed by atoms with van der Waals surface area (Å²) in [4.78, 5) is 23.0. The number of anilines is 1. The van der Waals surface area contributed by atoms with Crippen LogP contribution in [0.5, 0.6) is 0 Å². The predicted molar refractivity (Wildman–Crippen MR) is 92.5 cm³/mol. The third kappa shape index (κ3) is 3.41. The maximum absolute atomic E-state index is 12.0. The molecule has 0 radical (unpaired) electrons. The second-order valence-electron chi connectivity index (χ2n) is 4.99. The van der Waals surface area contributed by atoms with Crippen LogP contribution in [0.2, 0.25) is 0 Å². The molecule has 6 nitrogen and oxygen atoms in total. The molecule has 0 saturated carbocycles. The van der Waals surface area contributed by atoms with E-state index in [1.807, 2.05) is 29.2 Å². The quantitative estimate of drug-likeness (QED) is 0.576. The summed E-state index contributed by atoms with van der Waals surface area (Å²) in [5.41, 5.74) is 1.56. The molecule has 0 saturated heterocycles. The van der Waals surface area contributed by atoms with Crippen LogP contribution in [0.25, 0.3) is 11.0 Å². The lowest BCUT2D eigenvalue weighted by Crippen LogP contribution is -2.28. The van der Waals surface area contributed by atoms with Gasteiger partial charge in [0.2, 0.25) is 0 Å². The van der Waals surface area contributed by atoms with E-state index in [1.54, 1.807) is 18.2 Å². The summed E-state index contributed by atoms with van der Waals surface area (Å²) in [5.74, 6) is -1.37. The number of rotatable bonds is 7. The smallest absolute Gasteiger partial charge is 0.329 e. The third-order valence-electron chi connectivity index (χ3n) is 3.42. The minimum atomic E-state index is -1.15. The third-order valence-corrected chi connectivity index (χ3v) is 3.42. The molecule has 1 heterocycles. The first-order chi connectivity index (χ1) is 11.7. The van der Waals surface area contributed by atoms with E-state index in [4.69, 9.17) is 4.74 Å². The van der Waals surface area contributed by atoms with Crippen molar-refractivity contribution >= 4 is 22.8 Å². The van der Waals surface area contributed by atoms with E-state index in [-0.39, 0.29) is 5.69 Å². The number of esters is 1. The molecule has 2 aromatic rings. The van der Waals surface area contributed by atoms with Gasteiger partial charge in [-0.15, -0.1) is 13.2 Å². The van der Waals surface area contributed by atoms with Crippen LogP contribution in [0.1, 0.15) is 11.6 Å². The van der Waals surface area contributed by atoms with Crippen molar-refractivity contribution in [2.45, 2.75) is 5.92 Å². The van der Waals surface area contributed by atoms with Gasteiger partial charge in [-0.3, -0.25) is 4.79 Å². The monoisotopic (exact) mass is 322 g/mol. The molecule has 24 heavy (non-hydrogen) atoms. The number of carbonyl (C=O) groups excluding carboxylic acids is 1. The van der Waals surface area contributed by atoms with Crippen molar-refractivity contribution in [2.24, 2.45) is 0 Å². The lowest BCUT2D eigenvalue weighted by atomic mass is 10.1. The molecular formula is C18H18N4O2. The van der Waals surface area contributed by atoms with Gasteiger partial charge in [-0.1, -0.05) is 24.3 Å². The van der Waals surface area contributed by atoms with Crippen LogP contribution in [0, 0.1) is 11.3 Å². The zero-order valence-corrected chi connectivity index (χ0v) is 13.5. The molecule has 1 atom stereocenters. The number of carbonyl (C=O) groups is 1. The van der Waals surface area contributed by atoms with Crippen molar-refractivity contribution in [2.75, 3.05) is 25.1 Å². The van der Waals surface area contributed by atoms with Gasteiger partial charge in [-0.05, 0) is 12.1 Å². The van der Waals surface area contributed by atoms with Gasteiger partial charge in [-0.2, -0.15) is 5.26 Å². The van der Waals surface area contributed by atoms with E-state index in [1.165, 1.54) is 7.11 Å². The van der Waals surface area contributed by atoms with Gasteiger partial charge in [0.15, 0.2) is 11.7 Å². The number of nitriles is 1. The minimum absolute atomic E-state index is 0.270. The normalized spacial score (nSPS) is 11.3. The second-order valence-corrected chi connectivity index (χ2v) is 4.99. The zero-order valence-electron chi connectivity index (χ0n) is 13.5. The second kappa shape index (κ2) is 7.88. The molecule has 0 bridgehead atoms. The number of nitrogens with zero attached hydrogens (tertiary/aromatic N) is 4. The molecule has 1 aromatic carbocycles. The first kappa shape index (κ1) is 17.2. The zero-order chi connectivity index (χ0) is 17.5. The van der Waals surface area contributed by atoms with E-state index in [0.717, 1.165) is 0 Å². The number of hydrogen-bond acceptors (Lipinski definition) is 6. The number of hydrogen-bond donors (Lipinski definition) is 0. The maximum Gasteiger partial charge on any atom is 0.329 e. The number of aromatic nitrogens is 2. The molecule has 1 aromatic heterocycles. The molecule has 122 valence electrons. The van der Waals surface area contributed by atoms with E-state index >= 15 is 0 Å². The molecule has 1 unspecified atom stereocenters. The largest absolute Gasteiger partial charge is 0.468 e. The minimum Gasteiger partial charge on any atom is -0.468 e. The first-order valence-electron chi connectivity index (χ1n) is 7.37. The highest BCUT2D eigenvalue weighted by Crippen LogP contribution is 2.27. The number of benzene rings is 1. The van der Waals surface area contributed by atoms with Crippen molar-refractivity contribution in [1.82, 2.24) is 9.97 Å². The topological polar surface area (TPSA) is 79.1 Å². The summed E-state index contributed by atoms with van der Waals surface area (Å²) >= 11 is 0. The molecule has 0 amide bonds. The number of ether oxygens (including phenoxy) is 1. The van der Waals surface area contributed by atoms with Crippen LogP contribution < -0.4 is 4.90 Å². The predicted octanol–water partition coefficient (Wildman–Crippen LogP) is 2.59. The summed E-state index contributed by atoms with van der Waals surface area (Å²) < 4.78 is 4.74. The Morgan fingerprint density at radius 3 is 2.38 bits per heavy atom. The van der Waals surface area contributed by atoms with Crippen LogP contribution in [-0.4, -0.2) is 36.1 Å². The van der Waals surface area contributed by atoms with E-state index in [9.17, 15) is 10.1 Å². The van der Waals surface area contributed by atoms with Crippen molar-refractivity contribution < 1.29 is 9.53 Å². The molecule has 2 rings (SSSR count). The Bertz CT molecular complexity index is 800. The fraction of sp³-hybridized carbons (Fsp3) is 0.222. The summed E-state index contributed by atoms with van der Waals surface area (Å²) in [6, 6.07) is 9.25. The molecule has 0 spiro atoms. The number of fused-ring (bicyclic) bond motifs is 1. The van der Waals surface area contributed by atoms with Crippen molar-refractivity contribution in [1.29, 1.82) is 5.26 Å². The van der Waals surface area contributed by atoms with Gasteiger partial charge in [0, 0.05) is 13.1 Å². The lowest BCUT2D eigenvalue weighted by Gasteiger charge is -2.24. The molecule has 0 N–H and O–H groups in total. The highest BCUT2D eigenvalue weighted by atomic mass is 16.5. The van der Waals surface area contributed by atoms with Gasteiger partial charge >= 0.3 is 5.97 Å². The van der Waals surface area contributed by atoms with Crippen molar-refractivity contribution in [3.05, 3.63) is 55.3 Å². The summed E-state index contributed by atoms with van der Waals surface area (Å²) in [6.07, 6.45) is 3.42. The van der Waals surface area contributed by atoms with E-state index in [0.29, 0.717) is 29.9 Å². The molecule has 6 heteroatoms. The summed E-state index contributed by atoms with van der Waals surface area (Å²) in [6.45, 7) is 8.43. The van der Waals surface area contributed by atoms with Crippen molar-refractivity contribution in [3.8, 4) is 6.07 Å². The Morgan fingerprint density at radius 2 is 1.88 bits per heavy atom. The Balaban J connectivity index is 2.71. The summed E-state index contributed by atoms with van der Waals surface area (Å²) in [5, 5.41) is 9.44. The highest BCUT2D eigenvalue weighted by molar-refractivity contribution is 5.85. The number of para-hydroxylation sites is 2. The lowest BCUT2D eigenvalue weighted by molar-refractivity contribution is -0.141. The fourth-order valence-corrected chi connectivity index (χ4v) is 2.33. The molecule has 0 aliphatic carbocycles. The molecule has 0 aliphatic rings. The molecule has 0 aliphatic heterocycles. The Morgan fingerprint density at radius 1 is 1.29 bits per heavy atom. The highest BCUT2D eigenvalue weighted by Gasteiger charge is 2.29. The fourth-order valence-electron chi connectivity index (χ4n) is 2.33. The van der Waals surface area contributed by atoms with Crippen LogP contribution in [0.3, 0.4) is 0 Å². The Hall–Kier alpha value is -3.20. The average molecular weight is 322 g/mol. The number of methoxy groups -OCH3 is 1. The van der Waals surface area contributed by atoms with Gasteiger partial charge in [0.1, 0.15) is 5.69 Å². The van der Waals surface area contributed by atoms with E-state index < -0.39 is 11.9 Å². The SMILES string of the molecule is C=CCN(CC=C)c1nc2ccccc2nc1C(C#N)C(=O)OC. The molecular weight excluding hydrogens is 304 g/mol.